The van der Waals surface area contributed by atoms with Crippen molar-refractivity contribution in [3.63, 3.8) is 0 Å². The van der Waals surface area contributed by atoms with Crippen LogP contribution in [0.2, 0.25) is 0 Å². The molecule has 2 aliphatic rings. The minimum atomic E-state index is 0.612. The average molecular weight is 253 g/mol. The maximum absolute atomic E-state index is 9.11. The van der Waals surface area contributed by atoms with Gasteiger partial charge in [-0.05, 0) is 62.3 Å². The van der Waals surface area contributed by atoms with Crippen LogP contribution in [0.15, 0.2) is 18.3 Å². The van der Waals surface area contributed by atoms with Crippen molar-refractivity contribution >= 4 is 5.57 Å². The van der Waals surface area contributed by atoms with E-state index in [2.05, 4.69) is 22.4 Å². The number of aromatic nitrogens is 1. The number of nitrogens with zero attached hydrogens (tertiary/aromatic N) is 2. The van der Waals surface area contributed by atoms with E-state index in [0.717, 1.165) is 36.6 Å². The van der Waals surface area contributed by atoms with E-state index in [1.54, 1.807) is 0 Å². The molecule has 1 aliphatic carbocycles. The van der Waals surface area contributed by atoms with E-state index >= 15 is 0 Å². The Morgan fingerprint density at radius 1 is 1.47 bits per heavy atom. The van der Waals surface area contributed by atoms with Crippen LogP contribution in [0.25, 0.3) is 5.57 Å². The smallest absolute Gasteiger partial charge is 0.101 e. The highest BCUT2D eigenvalue weighted by atomic mass is 14.9. The van der Waals surface area contributed by atoms with E-state index in [4.69, 9.17) is 5.26 Å². The zero-order valence-electron chi connectivity index (χ0n) is 11.3. The number of fused-ring (bicyclic) bond motifs is 1. The number of pyridine rings is 1. The van der Waals surface area contributed by atoms with Crippen molar-refractivity contribution < 1.29 is 0 Å². The minimum absolute atomic E-state index is 0.612. The molecule has 0 spiro atoms. The van der Waals surface area contributed by atoms with Crippen LogP contribution in [0, 0.1) is 24.2 Å². The zero-order chi connectivity index (χ0) is 13.2. The van der Waals surface area contributed by atoms with Gasteiger partial charge >= 0.3 is 0 Å². The summed E-state index contributed by atoms with van der Waals surface area (Å²) < 4.78 is 0. The Morgan fingerprint density at radius 2 is 2.37 bits per heavy atom. The van der Waals surface area contributed by atoms with Crippen molar-refractivity contribution in [1.29, 1.82) is 5.26 Å². The van der Waals surface area contributed by atoms with Gasteiger partial charge in [-0.1, -0.05) is 6.08 Å². The number of hydrogen-bond acceptors (Lipinski definition) is 3. The van der Waals surface area contributed by atoms with Gasteiger partial charge in [0.25, 0.3) is 0 Å². The molecular weight excluding hydrogens is 234 g/mol. The van der Waals surface area contributed by atoms with Gasteiger partial charge in [-0.3, -0.25) is 4.98 Å². The van der Waals surface area contributed by atoms with Gasteiger partial charge in [-0.15, -0.1) is 0 Å². The second-order valence-corrected chi connectivity index (χ2v) is 5.60. The highest BCUT2D eigenvalue weighted by Gasteiger charge is 2.28. The van der Waals surface area contributed by atoms with Crippen LogP contribution >= 0.6 is 0 Å². The number of rotatable bonds is 1. The van der Waals surface area contributed by atoms with Crippen LogP contribution in [0.5, 0.6) is 0 Å². The predicted molar refractivity (Wildman–Crippen MR) is 75.4 cm³/mol. The van der Waals surface area contributed by atoms with Crippen molar-refractivity contribution in [2.45, 2.75) is 38.6 Å². The number of nitrogens with one attached hydrogen (secondary N) is 1. The number of aryl methyl sites for hydroxylation is 1. The van der Waals surface area contributed by atoms with Gasteiger partial charge in [-0.2, -0.15) is 5.26 Å². The lowest BCUT2D eigenvalue weighted by atomic mass is 9.78. The number of allylic oxidation sites excluding steroid dienone is 1. The summed E-state index contributed by atoms with van der Waals surface area (Å²) >= 11 is 0. The fraction of sp³-hybridized carbons (Fsp3) is 0.500. The molecule has 1 aromatic heterocycles. The standard InChI is InChI=1S/C16H19N3/c1-11-14(9-17)7-15(10-19-11)13-5-4-12-3-2-6-18-16(12)8-13/h5,7,10,12,16,18H,2-4,6,8H2,1H3/t12-,16+/m1/s1. The normalized spacial score (nSPS) is 26.2. The van der Waals surface area contributed by atoms with E-state index in [-0.39, 0.29) is 0 Å². The highest BCUT2D eigenvalue weighted by molar-refractivity contribution is 5.67. The minimum Gasteiger partial charge on any atom is -0.313 e. The molecule has 3 nitrogen and oxygen atoms in total. The Labute approximate surface area is 114 Å². The molecule has 3 heteroatoms. The fourth-order valence-electron chi connectivity index (χ4n) is 3.21. The zero-order valence-corrected chi connectivity index (χ0v) is 11.3. The van der Waals surface area contributed by atoms with Crippen LogP contribution in [0.1, 0.15) is 42.5 Å². The third kappa shape index (κ3) is 2.41. The van der Waals surface area contributed by atoms with Gasteiger partial charge in [0.15, 0.2) is 0 Å². The highest BCUT2D eigenvalue weighted by Crippen LogP contribution is 2.34. The molecule has 1 fully saturated rings. The molecule has 2 heterocycles. The van der Waals surface area contributed by atoms with E-state index in [0.29, 0.717) is 11.6 Å². The second-order valence-electron chi connectivity index (χ2n) is 5.60. The Hall–Kier alpha value is -1.66. The van der Waals surface area contributed by atoms with Crippen LogP contribution in [-0.4, -0.2) is 17.6 Å². The Kier molecular flexibility index (Phi) is 3.35. The summed E-state index contributed by atoms with van der Waals surface area (Å²) in [6.45, 7) is 3.03. The summed E-state index contributed by atoms with van der Waals surface area (Å²) in [6, 6.07) is 4.82. The average Bonchev–Trinajstić information content (AvgIpc) is 2.47. The fourth-order valence-corrected chi connectivity index (χ4v) is 3.21. The first-order valence-corrected chi connectivity index (χ1v) is 7.07. The number of hydrogen-bond donors (Lipinski definition) is 1. The summed E-state index contributed by atoms with van der Waals surface area (Å²) in [5.41, 5.74) is 3.97. The molecule has 0 bridgehead atoms. The monoisotopic (exact) mass is 253 g/mol. The maximum atomic E-state index is 9.11. The molecule has 0 amide bonds. The topological polar surface area (TPSA) is 48.7 Å². The molecule has 19 heavy (non-hydrogen) atoms. The van der Waals surface area contributed by atoms with Gasteiger partial charge in [0.2, 0.25) is 0 Å². The van der Waals surface area contributed by atoms with Crippen LogP contribution in [0.3, 0.4) is 0 Å². The molecule has 1 aliphatic heterocycles. The first-order valence-electron chi connectivity index (χ1n) is 7.07. The predicted octanol–water partition coefficient (Wildman–Crippen LogP) is 2.81. The lowest BCUT2D eigenvalue weighted by molar-refractivity contribution is 0.278. The largest absolute Gasteiger partial charge is 0.313 e. The van der Waals surface area contributed by atoms with Crippen LogP contribution in [-0.2, 0) is 0 Å². The number of piperidine rings is 1. The molecule has 3 rings (SSSR count). The van der Waals surface area contributed by atoms with Crippen molar-refractivity contribution in [2.75, 3.05) is 6.54 Å². The van der Waals surface area contributed by atoms with Gasteiger partial charge in [0.1, 0.15) is 6.07 Å². The van der Waals surface area contributed by atoms with E-state index in [1.165, 1.54) is 18.4 Å². The third-order valence-corrected chi connectivity index (χ3v) is 4.41. The summed E-state index contributed by atoms with van der Waals surface area (Å²) in [5.74, 6) is 0.798. The first-order chi connectivity index (χ1) is 9.28. The quantitative estimate of drug-likeness (QED) is 0.837. The molecule has 1 aromatic rings. The molecule has 2 atom stereocenters. The Balaban J connectivity index is 1.86. The number of nitriles is 1. The summed E-state index contributed by atoms with van der Waals surface area (Å²) in [6.07, 6.45) is 9.13. The van der Waals surface area contributed by atoms with Crippen molar-refractivity contribution in [1.82, 2.24) is 10.3 Å². The third-order valence-electron chi connectivity index (χ3n) is 4.41. The molecule has 0 aromatic carbocycles. The molecular formula is C16H19N3. The summed E-state index contributed by atoms with van der Waals surface area (Å²) in [5, 5.41) is 12.7. The second kappa shape index (κ2) is 5.14. The van der Waals surface area contributed by atoms with E-state index in [1.807, 2.05) is 19.2 Å². The summed E-state index contributed by atoms with van der Waals surface area (Å²) in [7, 11) is 0. The Bertz CT molecular complexity index is 554. The molecule has 0 radical (unpaired) electrons. The van der Waals surface area contributed by atoms with E-state index < -0.39 is 0 Å². The van der Waals surface area contributed by atoms with Gasteiger partial charge in [0, 0.05) is 12.2 Å². The van der Waals surface area contributed by atoms with Gasteiger partial charge in [-0.25, -0.2) is 0 Å². The molecule has 0 saturated carbocycles. The van der Waals surface area contributed by atoms with Crippen molar-refractivity contribution in [3.05, 3.63) is 35.2 Å². The molecule has 1 N–H and O–H groups in total. The maximum Gasteiger partial charge on any atom is 0.101 e. The van der Waals surface area contributed by atoms with Gasteiger partial charge in [0.05, 0.1) is 11.3 Å². The van der Waals surface area contributed by atoms with Gasteiger partial charge < -0.3 is 5.32 Å². The van der Waals surface area contributed by atoms with Crippen molar-refractivity contribution in [3.8, 4) is 6.07 Å². The lowest BCUT2D eigenvalue weighted by Gasteiger charge is -2.36. The van der Waals surface area contributed by atoms with Crippen LogP contribution < -0.4 is 5.32 Å². The SMILES string of the molecule is Cc1ncc(C2=CC[C@H]3CCCN[C@H]3C2)cc1C#N. The first kappa shape index (κ1) is 12.4. The van der Waals surface area contributed by atoms with E-state index in [9.17, 15) is 0 Å². The van der Waals surface area contributed by atoms with Crippen LogP contribution in [0.4, 0.5) is 0 Å². The molecule has 0 unspecified atom stereocenters. The molecule has 98 valence electrons. The summed E-state index contributed by atoms with van der Waals surface area (Å²) in [4.78, 5) is 4.35. The molecule has 1 saturated heterocycles. The Morgan fingerprint density at radius 3 is 3.21 bits per heavy atom. The lowest BCUT2D eigenvalue weighted by Crippen LogP contribution is -2.42. The van der Waals surface area contributed by atoms with Crippen molar-refractivity contribution in [2.24, 2.45) is 5.92 Å².